The third-order valence-corrected chi connectivity index (χ3v) is 8.44. The molecule has 3 aliphatic heterocycles. The van der Waals surface area contributed by atoms with Crippen LogP contribution in [0.3, 0.4) is 0 Å². The lowest BCUT2D eigenvalue weighted by molar-refractivity contribution is -0.0884. The Morgan fingerprint density at radius 2 is 2.05 bits per heavy atom. The lowest BCUT2D eigenvalue weighted by Gasteiger charge is -2.36. The van der Waals surface area contributed by atoms with Gasteiger partial charge in [-0.3, -0.25) is 0 Å². The second kappa shape index (κ2) is 9.94. The summed E-state index contributed by atoms with van der Waals surface area (Å²) in [7, 11) is 5.87. The fraction of sp³-hybridized carbons (Fsp3) is 0.556. The predicted octanol–water partition coefficient (Wildman–Crippen LogP) is 3.87. The summed E-state index contributed by atoms with van der Waals surface area (Å²) in [6.07, 6.45) is 4.08. The van der Waals surface area contributed by atoms with Gasteiger partial charge in [0.1, 0.15) is 5.02 Å². The molecule has 9 nitrogen and oxygen atoms in total. The number of rotatable bonds is 5. The van der Waals surface area contributed by atoms with Gasteiger partial charge in [-0.15, -0.1) is 0 Å². The highest BCUT2D eigenvalue weighted by Gasteiger charge is 2.52. The van der Waals surface area contributed by atoms with Crippen molar-refractivity contribution in [2.24, 2.45) is 5.92 Å². The molecule has 210 valence electrons. The third-order valence-electron chi connectivity index (χ3n) is 8.17. The average Bonchev–Trinajstić information content (AvgIpc) is 3.76. The lowest BCUT2D eigenvalue weighted by atomic mass is 9.99. The van der Waals surface area contributed by atoms with Gasteiger partial charge in [-0.1, -0.05) is 11.6 Å². The van der Waals surface area contributed by atoms with E-state index in [1.165, 1.54) is 0 Å². The smallest absolute Gasteiger partial charge is 0.301 e. The van der Waals surface area contributed by atoms with E-state index in [1.807, 2.05) is 18.2 Å². The standard InChI is InChI=1S/C27H34ClF2N7O2/c1-35(2)17-5-4-10-37(13-17)26-31-12-19(28)24(34-26)32-16-8-9-20-18(11-16)21-22(25(38)36(20)3)39-14-27(29,30)23(33-21)15-6-7-15/h8-9,11-12,15,17,23,25,33,38H,4-7,10,13-14H2,1-3H3,(H,31,32,34)/t17-,23+,25?/m1/s1. The number of ether oxygens (including phenoxy) is 1. The number of nitrogens with one attached hydrogen (secondary N) is 2. The van der Waals surface area contributed by atoms with Crippen molar-refractivity contribution in [1.82, 2.24) is 20.2 Å². The first-order valence-electron chi connectivity index (χ1n) is 13.4. The van der Waals surface area contributed by atoms with Gasteiger partial charge in [0.2, 0.25) is 5.95 Å². The highest BCUT2D eigenvalue weighted by molar-refractivity contribution is 6.32. The van der Waals surface area contributed by atoms with Crippen molar-refractivity contribution in [3.8, 4) is 0 Å². The number of halogens is 3. The molecule has 2 fully saturated rings. The molecule has 6 rings (SSSR count). The normalized spacial score (nSPS) is 26.4. The number of benzene rings is 1. The van der Waals surface area contributed by atoms with Crippen LogP contribution in [0.5, 0.6) is 0 Å². The molecular formula is C27H34ClF2N7O2. The summed E-state index contributed by atoms with van der Waals surface area (Å²) in [5.41, 5.74) is 2.41. The van der Waals surface area contributed by atoms with Crippen molar-refractivity contribution in [3.05, 3.63) is 40.7 Å². The van der Waals surface area contributed by atoms with Crippen LogP contribution < -0.4 is 20.4 Å². The van der Waals surface area contributed by atoms with E-state index in [4.69, 9.17) is 21.3 Å². The SMILES string of the molecule is CN1c2ccc(Nc3nc(N4CCC[C@@H](N(C)C)C4)ncc3Cl)cc2C2=C(OCC(F)(F)[C@H](C3CC3)N2)C1O. The van der Waals surface area contributed by atoms with E-state index in [-0.39, 0.29) is 11.7 Å². The fourth-order valence-electron chi connectivity index (χ4n) is 5.70. The van der Waals surface area contributed by atoms with Crippen LogP contribution in [0.2, 0.25) is 5.02 Å². The van der Waals surface area contributed by atoms with Crippen LogP contribution >= 0.6 is 11.6 Å². The fourth-order valence-corrected chi connectivity index (χ4v) is 5.83. The summed E-state index contributed by atoms with van der Waals surface area (Å²) in [4.78, 5) is 15.2. The minimum absolute atomic E-state index is 0.105. The van der Waals surface area contributed by atoms with Crippen LogP contribution in [-0.2, 0) is 4.74 Å². The molecular weight excluding hydrogens is 528 g/mol. The maximum atomic E-state index is 15.0. The van der Waals surface area contributed by atoms with E-state index >= 15 is 0 Å². The first-order valence-corrected chi connectivity index (χ1v) is 13.8. The van der Waals surface area contributed by atoms with Crippen molar-refractivity contribution in [3.63, 3.8) is 0 Å². The Hall–Kier alpha value is -2.89. The maximum absolute atomic E-state index is 15.0. The Bertz CT molecular complexity index is 1290. The van der Waals surface area contributed by atoms with Crippen molar-refractivity contribution in [2.45, 2.75) is 49.9 Å². The summed E-state index contributed by atoms with van der Waals surface area (Å²) in [5, 5.41) is 17.6. The van der Waals surface area contributed by atoms with E-state index in [2.05, 4.69) is 39.5 Å². The number of aliphatic hydroxyl groups is 1. The van der Waals surface area contributed by atoms with E-state index in [0.717, 1.165) is 38.8 Å². The number of aromatic nitrogens is 2. The van der Waals surface area contributed by atoms with Gasteiger partial charge in [0.05, 0.1) is 17.9 Å². The summed E-state index contributed by atoms with van der Waals surface area (Å²) in [6.45, 7) is 0.925. The molecule has 0 radical (unpaired) electrons. The molecule has 1 unspecified atom stereocenters. The Balaban J connectivity index is 1.31. The second-order valence-electron chi connectivity index (χ2n) is 11.2. The van der Waals surface area contributed by atoms with Crippen LogP contribution in [-0.4, -0.2) is 85.0 Å². The van der Waals surface area contributed by atoms with Crippen molar-refractivity contribution in [2.75, 3.05) is 56.0 Å². The van der Waals surface area contributed by atoms with Gasteiger partial charge in [-0.05, 0) is 63.9 Å². The van der Waals surface area contributed by atoms with Gasteiger partial charge in [-0.25, -0.2) is 13.8 Å². The van der Waals surface area contributed by atoms with Crippen LogP contribution in [0.1, 0.15) is 31.2 Å². The first-order chi connectivity index (χ1) is 18.6. The summed E-state index contributed by atoms with van der Waals surface area (Å²) in [6, 6.07) is 4.89. The number of hydrogen-bond donors (Lipinski definition) is 3. The number of nitrogens with zero attached hydrogens (tertiary/aromatic N) is 5. The molecule has 1 saturated heterocycles. The molecule has 3 N–H and O–H groups in total. The topological polar surface area (TPSA) is 89.0 Å². The van der Waals surface area contributed by atoms with Gasteiger partial charge < -0.3 is 35.2 Å². The highest BCUT2D eigenvalue weighted by atomic mass is 35.5. The zero-order valence-electron chi connectivity index (χ0n) is 22.3. The Morgan fingerprint density at radius 3 is 2.79 bits per heavy atom. The van der Waals surface area contributed by atoms with E-state index in [9.17, 15) is 13.9 Å². The number of hydrogen-bond acceptors (Lipinski definition) is 9. The molecule has 2 aromatic rings. The lowest BCUT2D eigenvalue weighted by Crippen LogP contribution is -2.47. The van der Waals surface area contributed by atoms with Crippen molar-refractivity contribution >= 4 is 40.4 Å². The maximum Gasteiger partial charge on any atom is 0.301 e. The van der Waals surface area contributed by atoms with Gasteiger partial charge in [0.15, 0.2) is 24.4 Å². The Kier molecular flexibility index (Phi) is 6.71. The molecule has 0 spiro atoms. The van der Waals surface area contributed by atoms with Crippen LogP contribution in [0.4, 0.5) is 31.9 Å². The molecule has 4 heterocycles. The molecule has 0 amide bonds. The summed E-state index contributed by atoms with van der Waals surface area (Å²) in [5.74, 6) is -2.02. The molecule has 1 saturated carbocycles. The average molecular weight is 562 g/mol. The molecule has 0 bridgehead atoms. The number of aliphatic hydroxyl groups excluding tert-OH is 1. The predicted molar refractivity (Wildman–Crippen MR) is 148 cm³/mol. The number of anilines is 4. The van der Waals surface area contributed by atoms with Gasteiger partial charge in [0, 0.05) is 43.1 Å². The highest BCUT2D eigenvalue weighted by Crippen LogP contribution is 2.46. The quantitative estimate of drug-likeness (QED) is 0.503. The van der Waals surface area contributed by atoms with Crippen molar-refractivity contribution < 1.29 is 18.6 Å². The molecule has 1 aromatic carbocycles. The molecule has 39 heavy (non-hydrogen) atoms. The van der Waals surface area contributed by atoms with Crippen LogP contribution in [0, 0.1) is 5.92 Å². The molecule has 4 aliphatic rings. The minimum atomic E-state index is -3.06. The van der Waals surface area contributed by atoms with Gasteiger partial charge >= 0.3 is 5.92 Å². The van der Waals surface area contributed by atoms with Crippen LogP contribution in [0.25, 0.3) is 5.70 Å². The second-order valence-corrected chi connectivity index (χ2v) is 11.6. The number of piperidine rings is 1. The van der Waals surface area contributed by atoms with E-state index in [0.29, 0.717) is 45.5 Å². The first kappa shape index (κ1) is 26.3. The minimum Gasteiger partial charge on any atom is -0.485 e. The zero-order chi connectivity index (χ0) is 27.5. The molecule has 1 aliphatic carbocycles. The summed E-state index contributed by atoms with van der Waals surface area (Å²) >= 11 is 6.49. The Labute approximate surface area is 231 Å². The molecule has 3 atom stereocenters. The van der Waals surface area contributed by atoms with Gasteiger partial charge in [-0.2, -0.15) is 4.98 Å². The largest absolute Gasteiger partial charge is 0.485 e. The zero-order valence-corrected chi connectivity index (χ0v) is 23.0. The van der Waals surface area contributed by atoms with Crippen molar-refractivity contribution in [1.29, 1.82) is 0 Å². The van der Waals surface area contributed by atoms with E-state index in [1.54, 1.807) is 18.1 Å². The number of alkyl halides is 2. The van der Waals surface area contributed by atoms with Crippen LogP contribution in [0.15, 0.2) is 30.2 Å². The number of fused-ring (bicyclic) bond motifs is 2. The Morgan fingerprint density at radius 1 is 1.26 bits per heavy atom. The molecule has 1 aromatic heterocycles. The monoisotopic (exact) mass is 561 g/mol. The van der Waals surface area contributed by atoms with Gasteiger partial charge in [0.25, 0.3) is 0 Å². The number of likely N-dealkylation sites (N-methyl/N-ethyl adjacent to an activating group) is 2. The summed E-state index contributed by atoms with van der Waals surface area (Å²) < 4.78 is 35.5. The molecule has 12 heteroatoms. The third kappa shape index (κ3) is 4.96. The van der Waals surface area contributed by atoms with E-state index < -0.39 is 24.8 Å².